The highest BCUT2D eigenvalue weighted by molar-refractivity contribution is 7.79. The molecular weight excluding hydrogens is 250 g/mol. The second-order valence-corrected chi connectivity index (χ2v) is 6.35. The van der Waals surface area contributed by atoms with Gasteiger partial charge in [-0.2, -0.15) is 0 Å². The molecule has 1 saturated carbocycles. The van der Waals surface area contributed by atoms with E-state index < -0.39 is 11.1 Å². The summed E-state index contributed by atoms with van der Waals surface area (Å²) in [6, 6.07) is 0. The Kier molecular flexibility index (Phi) is 5.18. The summed E-state index contributed by atoms with van der Waals surface area (Å²) in [5.41, 5.74) is 0. The molecule has 1 heterocycles. The Bertz CT molecular complexity index is 307. The third-order valence-corrected chi connectivity index (χ3v) is 4.51. The van der Waals surface area contributed by atoms with Crippen LogP contribution in [0.1, 0.15) is 44.9 Å². The molecule has 0 spiro atoms. The van der Waals surface area contributed by atoms with Crippen molar-refractivity contribution in [1.82, 2.24) is 4.90 Å². The van der Waals surface area contributed by atoms with E-state index in [4.69, 9.17) is 4.18 Å². The third-order valence-electron chi connectivity index (χ3n) is 3.96. The van der Waals surface area contributed by atoms with Crippen molar-refractivity contribution in [3.63, 3.8) is 0 Å². The maximum Gasteiger partial charge on any atom is 0.225 e. The summed E-state index contributed by atoms with van der Waals surface area (Å²) in [6.45, 7) is 1.88. The van der Waals surface area contributed by atoms with E-state index >= 15 is 0 Å². The number of carbonyl (C=O) groups is 1. The van der Waals surface area contributed by atoms with Gasteiger partial charge in [-0.1, -0.05) is 0 Å². The molecule has 1 aliphatic carbocycles. The molecule has 0 bridgehead atoms. The van der Waals surface area contributed by atoms with Gasteiger partial charge in [0.2, 0.25) is 5.91 Å². The summed E-state index contributed by atoms with van der Waals surface area (Å²) in [7, 11) is 0. The van der Waals surface area contributed by atoms with Crippen LogP contribution in [-0.4, -0.2) is 40.5 Å². The molecule has 1 atom stereocenters. The lowest BCUT2D eigenvalue weighted by molar-refractivity contribution is -0.137. The monoisotopic (exact) mass is 273 g/mol. The number of carbonyl (C=O) groups excluding carboxylic acids is 1. The van der Waals surface area contributed by atoms with Crippen molar-refractivity contribution in [3.05, 3.63) is 0 Å². The quantitative estimate of drug-likeness (QED) is 0.788. The maximum atomic E-state index is 12.3. The first-order valence-corrected chi connectivity index (χ1v) is 8.44. The van der Waals surface area contributed by atoms with Gasteiger partial charge in [-0.05, 0) is 44.9 Å². The fraction of sp³-hybridized carbons (Fsp3) is 0.923. The summed E-state index contributed by atoms with van der Waals surface area (Å²) in [5, 5.41) is 0. The highest BCUT2D eigenvalue weighted by Gasteiger charge is 2.30. The molecule has 1 amide bonds. The van der Waals surface area contributed by atoms with E-state index in [9.17, 15) is 9.00 Å². The Labute approximate surface area is 112 Å². The molecule has 104 valence electrons. The maximum absolute atomic E-state index is 12.3. The van der Waals surface area contributed by atoms with E-state index in [1.807, 2.05) is 4.90 Å². The normalized spacial score (nSPS) is 31.1. The molecule has 5 heteroatoms. The van der Waals surface area contributed by atoms with Gasteiger partial charge >= 0.3 is 0 Å². The molecule has 0 N–H and O–H groups in total. The van der Waals surface area contributed by atoms with Gasteiger partial charge in [0, 0.05) is 25.3 Å². The number of rotatable bonds is 3. The highest BCUT2D eigenvalue weighted by atomic mass is 32.2. The Hall–Kier alpha value is -0.420. The summed E-state index contributed by atoms with van der Waals surface area (Å²) >= 11 is -1.18. The summed E-state index contributed by atoms with van der Waals surface area (Å²) in [6.07, 6.45) is 8.71. The zero-order valence-corrected chi connectivity index (χ0v) is 11.9. The van der Waals surface area contributed by atoms with Crippen molar-refractivity contribution >= 4 is 17.0 Å². The summed E-state index contributed by atoms with van der Waals surface area (Å²) in [4.78, 5) is 14.3. The smallest absolute Gasteiger partial charge is 0.225 e. The van der Waals surface area contributed by atoms with Crippen molar-refractivity contribution in [2.75, 3.05) is 19.3 Å². The van der Waals surface area contributed by atoms with E-state index in [1.165, 1.54) is 6.42 Å². The molecule has 1 aliphatic heterocycles. The van der Waals surface area contributed by atoms with Gasteiger partial charge < -0.3 is 4.90 Å². The van der Waals surface area contributed by atoms with Crippen LogP contribution in [-0.2, 0) is 20.1 Å². The van der Waals surface area contributed by atoms with E-state index in [2.05, 4.69) is 0 Å². The van der Waals surface area contributed by atoms with Crippen molar-refractivity contribution in [2.24, 2.45) is 5.92 Å². The minimum absolute atomic E-state index is 0.0845. The lowest BCUT2D eigenvalue weighted by Crippen LogP contribution is -2.41. The number of piperidine rings is 1. The van der Waals surface area contributed by atoms with Gasteiger partial charge in [-0.25, -0.2) is 4.21 Å². The van der Waals surface area contributed by atoms with Crippen molar-refractivity contribution in [2.45, 2.75) is 51.0 Å². The molecule has 2 rings (SSSR count). The fourth-order valence-electron chi connectivity index (χ4n) is 2.97. The molecule has 1 unspecified atom stereocenters. The molecule has 0 radical (unpaired) electrons. The first-order valence-electron chi connectivity index (χ1n) is 6.96. The summed E-state index contributed by atoms with van der Waals surface area (Å²) in [5.74, 6) is 0.513. The molecule has 2 aliphatic rings. The first-order chi connectivity index (χ1) is 8.66. The Balaban J connectivity index is 1.78. The Morgan fingerprint density at radius 2 is 1.72 bits per heavy atom. The van der Waals surface area contributed by atoms with Crippen molar-refractivity contribution < 1.29 is 13.2 Å². The largest absolute Gasteiger partial charge is 0.342 e. The molecular formula is C13H23NO3S. The first kappa shape index (κ1) is 14.0. The average Bonchev–Trinajstić information content (AvgIpc) is 2.39. The Morgan fingerprint density at radius 1 is 1.11 bits per heavy atom. The number of hydrogen-bond donors (Lipinski definition) is 0. The number of likely N-dealkylation sites (tertiary alicyclic amines) is 1. The van der Waals surface area contributed by atoms with Crippen LogP contribution in [0.15, 0.2) is 0 Å². The van der Waals surface area contributed by atoms with Gasteiger partial charge in [0.05, 0.1) is 6.10 Å². The van der Waals surface area contributed by atoms with E-state index in [-0.39, 0.29) is 12.0 Å². The van der Waals surface area contributed by atoms with Crippen LogP contribution in [0, 0.1) is 5.92 Å². The number of nitrogens with zero attached hydrogens (tertiary/aromatic N) is 1. The molecule has 0 aromatic heterocycles. The predicted octanol–water partition coefficient (Wildman–Crippen LogP) is 1.87. The SMILES string of the molecule is CS(=O)OC1CCC(C(=O)N2CCCCC2)CC1. The van der Waals surface area contributed by atoms with Gasteiger partial charge in [0.25, 0.3) is 0 Å². The molecule has 18 heavy (non-hydrogen) atoms. The van der Waals surface area contributed by atoms with Crippen LogP contribution in [0.5, 0.6) is 0 Å². The molecule has 1 saturated heterocycles. The van der Waals surface area contributed by atoms with Crippen LogP contribution in [0.3, 0.4) is 0 Å². The lowest BCUT2D eigenvalue weighted by atomic mass is 9.86. The predicted molar refractivity (Wildman–Crippen MR) is 71.3 cm³/mol. The minimum atomic E-state index is -1.18. The standard InChI is InChI=1S/C13H23NO3S/c1-18(16)17-12-7-5-11(6-8-12)13(15)14-9-3-2-4-10-14/h11-12H,2-10H2,1H3. The lowest BCUT2D eigenvalue weighted by Gasteiger charge is -2.33. The second kappa shape index (κ2) is 6.66. The minimum Gasteiger partial charge on any atom is -0.342 e. The van der Waals surface area contributed by atoms with Crippen molar-refractivity contribution in [3.8, 4) is 0 Å². The summed E-state index contributed by atoms with van der Waals surface area (Å²) < 4.78 is 16.3. The third kappa shape index (κ3) is 3.79. The van der Waals surface area contributed by atoms with Crippen LogP contribution < -0.4 is 0 Å². The molecule has 4 nitrogen and oxygen atoms in total. The van der Waals surface area contributed by atoms with E-state index in [1.54, 1.807) is 6.26 Å². The van der Waals surface area contributed by atoms with Crippen LogP contribution in [0.25, 0.3) is 0 Å². The van der Waals surface area contributed by atoms with Crippen molar-refractivity contribution in [1.29, 1.82) is 0 Å². The zero-order chi connectivity index (χ0) is 13.0. The van der Waals surface area contributed by atoms with Crippen LogP contribution in [0.2, 0.25) is 0 Å². The van der Waals surface area contributed by atoms with Gasteiger partial charge in [0.1, 0.15) is 0 Å². The van der Waals surface area contributed by atoms with Gasteiger partial charge in [-0.3, -0.25) is 8.98 Å². The fourth-order valence-corrected chi connectivity index (χ4v) is 3.55. The van der Waals surface area contributed by atoms with Crippen LogP contribution >= 0.6 is 0 Å². The Morgan fingerprint density at radius 3 is 2.28 bits per heavy atom. The van der Waals surface area contributed by atoms with Crippen LogP contribution in [0.4, 0.5) is 0 Å². The topological polar surface area (TPSA) is 46.6 Å². The molecule has 2 fully saturated rings. The van der Waals surface area contributed by atoms with E-state index in [0.717, 1.165) is 51.6 Å². The van der Waals surface area contributed by atoms with Gasteiger partial charge in [-0.15, -0.1) is 0 Å². The van der Waals surface area contributed by atoms with E-state index in [0.29, 0.717) is 5.91 Å². The highest BCUT2D eigenvalue weighted by Crippen LogP contribution is 2.28. The number of amides is 1. The van der Waals surface area contributed by atoms with Gasteiger partial charge in [0.15, 0.2) is 11.1 Å². The molecule has 0 aromatic carbocycles. The average molecular weight is 273 g/mol. The number of hydrogen-bond acceptors (Lipinski definition) is 3. The second-order valence-electron chi connectivity index (χ2n) is 5.36. The molecule has 0 aromatic rings. The zero-order valence-electron chi connectivity index (χ0n) is 11.1.